The smallest absolute Gasteiger partial charge is 0.119 e. The van der Waals surface area contributed by atoms with Crippen molar-refractivity contribution < 1.29 is 9.84 Å². The van der Waals surface area contributed by atoms with E-state index in [4.69, 9.17) is 0 Å². The number of ether oxygens (including phenoxy) is 1. The van der Waals surface area contributed by atoms with Crippen LogP contribution in [0.3, 0.4) is 0 Å². The Morgan fingerprint density at radius 1 is 1.06 bits per heavy atom. The molecular formula is C14H22O2. The minimum atomic E-state index is 0.481. The van der Waals surface area contributed by atoms with Crippen LogP contribution in [0.4, 0.5) is 0 Å². The molecule has 0 amide bonds. The largest absolute Gasteiger partial charge is 0.508 e. The predicted octanol–water partition coefficient (Wildman–Crippen LogP) is 3.70. The highest BCUT2D eigenvalue weighted by Crippen LogP contribution is 2.36. The summed E-state index contributed by atoms with van der Waals surface area (Å²) in [6.07, 6.45) is 6.50. The first-order chi connectivity index (χ1) is 7.79. The van der Waals surface area contributed by atoms with E-state index in [0.29, 0.717) is 11.7 Å². The van der Waals surface area contributed by atoms with Gasteiger partial charge in [-0.3, -0.25) is 0 Å². The first-order valence-corrected chi connectivity index (χ1v) is 5.97. The van der Waals surface area contributed by atoms with Gasteiger partial charge in [0.1, 0.15) is 5.75 Å². The van der Waals surface area contributed by atoms with Crippen LogP contribution in [0.25, 0.3) is 0 Å². The zero-order valence-electron chi connectivity index (χ0n) is 10.3. The van der Waals surface area contributed by atoms with E-state index in [1.54, 1.807) is 20.3 Å². The van der Waals surface area contributed by atoms with Gasteiger partial charge < -0.3 is 9.84 Å². The number of hydrogen-bond donors (Lipinski definition) is 1. The van der Waals surface area contributed by atoms with Gasteiger partial charge in [-0.15, -0.1) is 0 Å². The molecule has 16 heavy (non-hydrogen) atoms. The van der Waals surface area contributed by atoms with Crippen LogP contribution >= 0.6 is 0 Å². The molecule has 1 saturated carbocycles. The Kier molecular flexibility index (Phi) is 5.94. The molecule has 0 heterocycles. The van der Waals surface area contributed by atoms with Gasteiger partial charge >= 0.3 is 0 Å². The second kappa shape index (κ2) is 7.29. The molecule has 2 nitrogen and oxygen atoms in total. The first kappa shape index (κ1) is 13.0. The molecular weight excluding hydrogens is 200 g/mol. The van der Waals surface area contributed by atoms with Crippen LogP contribution in [0.1, 0.15) is 43.6 Å². The molecule has 1 aliphatic carbocycles. The Morgan fingerprint density at radius 2 is 1.62 bits per heavy atom. The summed E-state index contributed by atoms with van der Waals surface area (Å²) in [6, 6.07) is 7.76. The minimum Gasteiger partial charge on any atom is -0.508 e. The summed E-state index contributed by atoms with van der Waals surface area (Å²) in [4.78, 5) is 0. The Balaban J connectivity index is 0.000000386. The molecule has 2 heteroatoms. The number of aromatic hydroxyl groups is 1. The van der Waals surface area contributed by atoms with E-state index in [-0.39, 0.29) is 0 Å². The van der Waals surface area contributed by atoms with E-state index in [1.807, 2.05) is 12.1 Å². The zero-order chi connectivity index (χ0) is 11.8. The van der Waals surface area contributed by atoms with Gasteiger partial charge in [-0.25, -0.2) is 0 Å². The second-order valence-electron chi connectivity index (χ2n) is 4.30. The van der Waals surface area contributed by atoms with E-state index in [9.17, 15) is 5.11 Å². The average molecular weight is 222 g/mol. The maximum Gasteiger partial charge on any atom is 0.119 e. The zero-order valence-corrected chi connectivity index (χ0v) is 10.3. The third kappa shape index (κ3) is 3.86. The topological polar surface area (TPSA) is 29.5 Å². The van der Waals surface area contributed by atoms with Crippen molar-refractivity contribution in [2.24, 2.45) is 0 Å². The summed E-state index contributed by atoms with van der Waals surface area (Å²) in [5.41, 5.74) is 1.15. The normalized spacial score (nSPS) is 16.4. The van der Waals surface area contributed by atoms with Crippen LogP contribution < -0.4 is 0 Å². The van der Waals surface area contributed by atoms with Crippen LogP contribution in [0.15, 0.2) is 24.3 Å². The number of phenolic OH excluding ortho intramolecular Hbond substituents is 1. The molecule has 1 N–H and O–H groups in total. The van der Waals surface area contributed by atoms with Crippen molar-refractivity contribution in [2.45, 2.75) is 38.0 Å². The van der Waals surface area contributed by atoms with Crippen molar-refractivity contribution in [2.75, 3.05) is 14.2 Å². The van der Waals surface area contributed by atoms with E-state index >= 15 is 0 Å². The lowest BCUT2D eigenvalue weighted by molar-refractivity contribution is 0.277. The fourth-order valence-corrected chi connectivity index (χ4v) is 2.25. The van der Waals surface area contributed by atoms with Crippen molar-refractivity contribution in [1.29, 1.82) is 0 Å². The van der Waals surface area contributed by atoms with Gasteiger partial charge in [-0.2, -0.15) is 0 Å². The molecule has 1 aliphatic rings. The average Bonchev–Trinajstić information content (AvgIpc) is 2.32. The van der Waals surface area contributed by atoms with Gasteiger partial charge in [0.25, 0.3) is 0 Å². The van der Waals surface area contributed by atoms with E-state index in [2.05, 4.69) is 10.8 Å². The van der Waals surface area contributed by atoms with Crippen LogP contribution in [0.5, 0.6) is 5.75 Å². The van der Waals surface area contributed by atoms with Crippen molar-refractivity contribution in [3.63, 3.8) is 0 Å². The van der Waals surface area contributed by atoms with Crippen LogP contribution in [0, 0.1) is 0 Å². The van der Waals surface area contributed by atoms with Crippen LogP contribution in [-0.4, -0.2) is 19.3 Å². The molecule has 0 radical (unpaired) electrons. The second-order valence-corrected chi connectivity index (χ2v) is 4.30. The van der Waals surface area contributed by atoms with Crippen molar-refractivity contribution in [3.05, 3.63) is 29.8 Å². The quantitative estimate of drug-likeness (QED) is 0.785. The molecule has 0 unspecified atom stereocenters. The van der Waals surface area contributed by atoms with E-state index in [1.165, 1.54) is 32.1 Å². The van der Waals surface area contributed by atoms with E-state index in [0.717, 1.165) is 5.56 Å². The Bertz CT molecular complexity index is 291. The number of benzene rings is 1. The number of hydrogen-bond acceptors (Lipinski definition) is 2. The summed E-state index contributed by atoms with van der Waals surface area (Å²) in [6.45, 7) is 0. The summed E-state index contributed by atoms with van der Waals surface area (Å²) >= 11 is 0. The van der Waals surface area contributed by atoms with Crippen molar-refractivity contribution in [1.82, 2.24) is 0 Å². The predicted molar refractivity (Wildman–Crippen MR) is 66.9 cm³/mol. The highest BCUT2D eigenvalue weighted by Gasteiger charge is 2.17. The fourth-order valence-electron chi connectivity index (χ4n) is 2.25. The molecule has 0 saturated heterocycles. The van der Waals surface area contributed by atoms with Crippen molar-refractivity contribution in [3.8, 4) is 5.75 Å². The Morgan fingerprint density at radius 3 is 2.19 bits per heavy atom. The fraction of sp³-hybridized carbons (Fsp3) is 0.571. The van der Waals surface area contributed by atoms with Gasteiger partial charge in [0.2, 0.25) is 0 Å². The monoisotopic (exact) mass is 222 g/mol. The maximum atomic E-state index is 9.66. The number of para-hydroxylation sites is 1. The third-order valence-corrected chi connectivity index (χ3v) is 2.98. The molecule has 2 rings (SSSR count). The molecule has 0 spiro atoms. The lowest BCUT2D eigenvalue weighted by Gasteiger charge is -2.22. The summed E-state index contributed by atoms with van der Waals surface area (Å²) in [7, 11) is 3.25. The van der Waals surface area contributed by atoms with Crippen molar-refractivity contribution >= 4 is 0 Å². The molecule has 0 aliphatic heterocycles. The van der Waals surface area contributed by atoms with Crippen LogP contribution in [-0.2, 0) is 4.74 Å². The first-order valence-electron chi connectivity index (χ1n) is 5.97. The standard InChI is InChI=1S/C12H16O.C2H6O/c13-12-9-5-4-8-11(12)10-6-2-1-3-7-10;1-3-2/h4-5,8-10,13H,1-3,6-7H2;1-2H3. The minimum absolute atomic E-state index is 0.481. The number of methoxy groups -OCH3 is 1. The molecule has 1 aromatic rings. The van der Waals surface area contributed by atoms with Gasteiger partial charge in [0.15, 0.2) is 0 Å². The SMILES string of the molecule is COC.Oc1ccccc1C1CCCCC1. The highest BCUT2D eigenvalue weighted by atomic mass is 16.4. The lowest BCUT2D eigenvalue weighted by atomic mass is 9.84. The molecule has 0 bridgehead atoms. The molecule has 1 fully saturated rings. The summed E-state index contributed by atoms with van der Waals surface area (Å²) in [5.74, 6) is 1.09. The molecule has 1 aromatic carbocycles. The summed E-state index contributed by atoms with van der Waals surface area (Å²) in [5, 5.41) is 9.66. The molecule has 0 aromatic heterocycles. The Labute approximate surface area is 98.3 Å². The van der Waals surface area contributed by atoms with Gasteiger partial charge in [-0.05, 0) is 30.4 Å². The molecule has 0 atom stereocenters. The van der Waals surface area contributed by atoms with Gasteiger partial charge in [-0.1, -0.05) is 37.5 Å². The Hall–Kier alpha value is -1.02. The van der Waals surface area contributed by atoms with Gasteiger partial charge in [0.05, 0.1) is 0 Å². The summed E-state index contributed by atoms with van der Waals surface area (Å²) < 4.78 is 4.25. The maximum absolute atomic E-state index is 9.66. The lowest BCUT2D eigenvalue weighted by Crippen LogP contribution is -2.04. The number of phenols is 1. The third-order valence-electron chi connectivity index (χ3n) is 2.98. The van der Waals surface area contributed by atoms with E-state index < -0.39 is 0 Å². The van der Waals surface area contributed by atoms with Crippen LogP contribution in [0.2, 0.25) is 0 Å². The molecule has 90 valence electrons. The number of rotatable bonds is 1. The highest BCUT2D eigenvalue weighted by molar-refractivity contribution is 5.34. The van der Waals surface area contributed by atoms with Gasteiger partial charge in [0, 0.05) is 14.2 Å².